The molecule has 18 heavy (non-hydrogen) atoms. The average molecular weight is 248 g/mol. The second-order valence-electron chi connectivity index (χ2n) is 5.79. The minimum absolute atomic E-state index is 0.409. The zero-order valence-electron chi connectivity index (χ0n) is 10.6. The molecule has 3 aliphatic rings. The van der Waals surface area contributed by atoms with Crippen molar-refractivity contribution in [1.29, 1.82) is 0 Å². The van der Waals surface area contributed by atoms with Crippen LogP contribution in [0.1, 0.15) is 49.9 Å². The molecule has 0 bridgehead atoms. The van der Waals surface area contributed by atoms with E-state index >= 15 is 0 Å². The van der Waals surface area contributed by atoms with Gasteiger partial charge in [0.2, 0.25) is 5.95 Å². The summed E-state index contributed by atoms with van der Waals surface area (Å²) in [7, 11) is 0. The van der Waals surface area contributed by atoms with Gasteiger partial charge < -0.3 is 10.1 Å². The largest absolute Gasteiger partial charge is 0.381 e. The first-order chi connectivity index (χ1) is 8.92. The van der Waals surface area contributed by atoms with Gasteiger partial charge in [-0.3, -0.25) is 0 Å². The molecule has 1 aromatic heterocycles. The fourth-order valence-corrected chi connectivity index (χ4v) is 3.57. The lowest BCUT2D eigenvalue weighted by atomic mass is 9.84. The molecule has 1 aliphatic carbocycles. The third-order valence-corrected chi connectivity index (χ3v) is 4.65. The summed E-state index contributed by atoms with van der Waals surface area (Å²) in [6, 6.07) is 0.582. The van der Waals surface area contributed by atoms with Gasteiger partial charge in [-0.05, 0) is 25.2 Å². The Morgan fingerprint density at radius 2 is 2.17 bits per heavy atom. The van der Waals surface area contributed by atoms with Crippen molar-refractivity contribution in [1.82, 2.24) is 14.8 Å². The normalized spacial score (nSPS) is 34.8. The van der Waals surface area contributed by atoms with Crippen LogP contribution in [0.25, 0.3) is 0 Å². The van der Waals surface area contributed by atoms with E-state index in [2.05, 4.69) is 15.0 Å². The summed E-state index contributed by atoms with van der Waals surface area (Å²) >= 11 is 0. The number of hydrogen-bond donors (Lipinski definition) is 1. The molecule has 5 heteroatoms. The van der Waals surface area contributed by atoms with Gasteiger partial charge in [0.05, 0.1) is 12.6 Å². The maximum Gasteiger partial charge on any atom is 0.221 e. The highest BCUT2D eigenvalue weighted by Crippen LogP contribution is 2.38. The highest BCUT2D eigenvalue weighted by Gasteiger charge is 2.34. The number of ether oxygens (including phenoxy) is 1. The fourth-order valence-electron chi connectivity index (χ4n) is 3.57. The third-order valence-electron chi connectivity index (χ3n) is 4.65. The van der Waals surface area contributed by atoms with Crippen LogP contribution < -0.4 is 5.32 Å². The molecule has 1 saturated carbocycles. The van der Waals surface area contributed by atoms with Gasteiger partial charge in [0.25, 0.3) is 0 Å². The van der Waals surface area contributed by atoms with Gasteiger partial charge in [0, 0.05) is 19.1 Å². The smallest absolute Gasteiger partial charge is 0.221 e. The third kappa shape index (κ3) is 1.64. The maximum atomic E-state index is 5.44. The van der Waals surface area contributed by atoms with Crippen LogP contribution >= 0.6 is 0 Å². The molecule has 0 radical (unpaired) electrons. The number of hydrogen-bond acceptors (Lipinski definition) is 4. The monoisotopic (exact) mass is 248 g/mol. The van der Waals surface area contributed by atoms with Gasteiger partial charge in [0.15, 0.2) is 5.82 Å². The highest BCUT2D eigenvalue weighted by atomic mass is 16.5. The van der Waals surface area contributed by atoms with E-state index in [-0.39, 0.29) is 0 Å². The van der Waals surface area contributed by atoms with E-state index in [0.29, 0.717) is 12.0 Å². The number of nitrogens with zero attached hydrogens (tertiary/aromatic N) is 3. The maximum absolute atomic E-state index is 5.44. The van der Waals surface area contributed by atoms with Crippen molar-refractivity contribution in [2.24, 2.45) is 5.92 Å². The van der Waals surface area contributed by atoms with Gasteiger partial charge in [-0.15, -0.1) is 0 Å². The molecule has 0 amide bonds. The van der Waals surface area contributed by atoms with Crippen LogP contribution in [0.5, 0.6) is 0 Å². The van der Waals surface area contributed by atoms with Crippen molar-refractivity contribution in [3.05, 3.63) is 5.82 Å². The Bertz CT molecular complexity index is 438. The zero-order chi connectivity index (χ0) is 11.9. The molecule has 3 heterocycles. The Labute approximate surface area is 107 Å². The lowest BCUT2D eigenvalue weighted by molar-refractivity contribution is 0.192. The summed E-state index contributed by atoms with van der Waals surface area (Å²) in [6.45, 7) is 2.72. The minimum atomic E-state index is 0.409. The number of nitrogens with one attached hydrogen (secondary N) is 1. The molecule has 1 N–H and O–H groups in total. The van der Waals surface area contributed by atoms with E-state index in [4.69, 9.17) is 9.84 Å². The summed E-state index contributed by atoms with van der Waals surface area (Å²) in [5.74, 6) is 3.13. The molecule has 3 atom stereocenters. The summed E-state index contributed by atoms with van der Waals surface area (Å²) in [5, 5.41) is 8.23. The summed E-state index contributed by atoms with van der Waals surface area (Å²) in [5.41, 5.74) is 0. The van der Waals surface area contributed by atoms with E-state index in [9.17, 15) is 0 Å². The van der Waals surface area contributed by atoms with Crippen molar-refractivity contribution in [3.8, 4) is 0 Å². The fraction of sp³-hybridized carbons (Fsp3) is 0.846. The average Bonchev–Trinajstić information content (AvgIpc) is 3.07. The number of rotatable bonds is 1. The van der Waals surface area contributed by atoms with Gasteiger partial charge >= 0.3 is 0 Å². The van der Waals surface area contributed by atoms with Gasteiger partial charge in [-0.1, -0.05) is 12.8 Å². The molecule has 3 unspecified atom stereocenters. The molecule has 1 aromatic rings. The predicted octanol–water partition coefficient (Wildman–Crippen LogP) is 1.94. The number of anilines is 1. The molecule has 2 aliphatic heterocycles. The SMILES string of the molecule is C1CCC2C(C1)CNc1nc(C3CCOC3)nn12. The van der Waals surface area contributed by atoms with Crippen molar-refractivity contribution < 1.29 is 4.74 Å². The summed E-state index contributed by atoms with van der Waals surface area (Å²) in [6.07, 6.45) is 6.37. The Morgan fingerprint density at radius 1 is 1.22 bits per heavy atom. The minimum Gasteiger partial charge on any atom is -0.381 e. The Balaban J connectivity index is 1.65. The van der Waals surface area contributed by atoms with Crippen molar-refractivity contribution in [2.45, 2.75) is 44.1 Å². The molecule has 2 fully saturated rings. The molecule has 1 saturated heterocycles. The summed E-state index contributed by atoms with van der Waals surface area (Å²) in [4.78, 5) is 4.68. The second kappa shape index (κ2) is 4.23. The van der Waals surface area contributed by atoms with E-state index in [0.717, 1.165) is 43.9 Å². The molecular formula is C13H20N4O. The number of fused-ring (bicyclic) bond motifs is 3. The van der Waals surface area contributed by atoms with Crippen molar-refractivity contribution in [2.75, 3.05) is 25.1 Å². The van der Waals surface area contributed by atoms with Gasteiger partial charge in [-0.25, -0.2) is 4.68 Å². The Morgan fingerprint density at radius 3 is 3.06 bits per heavy atom. The van der Waals surface area contributed by atoms with Gasteiger partial charge in [-0.2, -0.15) is 10.1 Å². The standard InChI is InChI=1S/C13H20N4O/c1-2-4-11-9(3-1)7-14-13-15-12(16-17(11)13)10-5-6-18-8-10/h9-11H,1-8H2,(H,14,15,16). The van der Waals surface area contributed by atoms with E-state index in [1.807, 2.05) is 0 Å². The summed E-state index contributed by atoms with van der Waals surface area (Å²) < 4.78 is 7.61. The molecular weight excluding hydrogens is 228 g/mol. The topological polar surface area (TPSA) is 52.0 Å². The van der Waals surface area contributed by atoms with Crippen LogP contribution in [0.2, 0.25) is 0 Å². The van der Waals surface area contributed by atoms with Crippen LogP contribution in [0.15, 0.2) is 0 Å². The number of aromatic nitrogens is 3. The zero-order valence-corrected chi connectivity index (χ0v) is 10.6. The lowest BCUT2D eigenvalue weighted by Crippen LogP contribution is -2.35. The quantitative estimate of drug-likeness (QED) is 0.825. The molecule has 0 spiro atoms. The molecule has 98 valence electrons. The first-order valence-electron chi connectivity index (χ1n) is 7.20. The first-order valence-corrected chi connectivity index (χ1v) is 7.20. The van der Waals surface area contributed by atoms with Crippen LogP contribution in [-0.4, -0.2) is 34.5 Å². The van der Waals surface area contributed by atoms with Crippen molar-refractivity contribution in [3.63, 3.8) is 0 Å². The van der Waals surface area contributed by atoms with Gasteiger partial charge in [0.1, 0.15) is 0 Å². The Kier molecular flexibility index (Phi) is 2.53. The van der Waals surface area contributed by atoms with Crippen LogP contribution in [0, 0.1) is 5.92 Å². The van der Waals surface area contributed by atoms with Crippen LogP contribution in [0.3, 0.4) is 0 Å². The predicted molar refractivity (Wildman–Crippen MR) is 67.7 cm³/mol. The Hall–Kier alpha value is -1.10. The lowest BCUT2D eigenvalue weighted by Gasteiger charge is -2.36. The molecule has 5 nitrogen and oxygen atoms in total. The van der Waals surface area contributed by atoms with E-state index in [1.165, 1.54) is 25.7 Å². The first kappa shape index (κ1) is 10.8. The van der Waals surface area contributed by atoms with Crippen molar-refractivity contribution >= 4 is 5.95 Å². The highest BCUT2D eigenvalue weighted by molar-refractivity contribution is 5.30. The van der Waals surface area contributed by atoms with Crippen LogP contribution in [0.4, 0.5) is 5.95 Å². The van der Waals surface area contributed by atoms with Crippen LogP contribution in [-0.2, 0) is 4.74 Å². The van der Waals surface area contributed by atoms with E-state index in [1.54, 1.807) is 0 Å². The van der Waals surface area contributed by atoms with E-state index < -0.39 is 0 Å². The molecule has 0 aromatic carbocycles. The molecule has 4 rings (SSSR count). The second-order valence-corrected chi connectivity index (χ2v) is 5.79.